The third-order valence-electron chi connectivity index (χ3n) is 4.03. The van der Waals surface area contributed by atoms with Gasteiger partial charge < -0.3 is 15.2 Å². The average molecular weight is 366 g/mol. The van der Waals surface area contributed by atoms with Gasteiger partial charge in [0.1, 0.15) is 11.6 Å². The number of nitrogens with zero attached hydrogens (tertiary/aromatic N) is 2. The highest BCUT2D eigenvalue weighted by Crippen LogP contribution is 2.16. The Hall–Kier alpha value is -3.48. The SMILES string of the molecule is Cc1nccn1-c1ccc(CNC(=O)CNC(=O)c2ccccc2)cc1F. The Morgan fingerprint density at radius 1 is 1.11 bits per heavy atom. The van der Waals surface area contributed by atoms with Crippen molar-refractivity contribution in [2.45, 2.75) is 13.5 Å². The van der Waals surface area contributed by atoms with Crippen molar-refractivity contribution in [3.63, 3.8) is 0 Å². The summed E-state index contributed by atoms with van der Waals surface area (Å²) < 4.78 is 16.0. The normalized spacial score (nSPS) is 10.4. The van der Waals surface area contributed by atoms with E-state index in [1.807, 2.05) is 6.07 Å². The van der Waals surface area contributed by atoms with Gasteiger partial charge in [-0.3, -0.25) is 9.59 Å². The molecule has 7 heteroatoms. The molecule has 0 radical (unpaired) electrons. The van der Waals surface area contributed by atoms with Crippen LogP contribution in [0.15, 0.2) is 60.9 Å². The van der Waals surface area contributed by atoms with E-state index in [1.54, 1.807) is 60.3 Å². The minimum Gasteiger partial charge on any atom is -0.350 e. The summed E-state index contributed by atoms with van der Waals surface area (Å²) in [4.78, 5) is 27.9. The largest absolute Gasteiger partial charge is 0.350 e. The monoisotopic (exact) mass is 366 g/mol. The van der Waals surface area contributed by atoms with E-state index in [9.17, 15) is 14.0 Å². The van der Waals surface area contributed by atoms with Gasteiger partial charge in [0.15, 0.2) is 0 Å². The molecule has 2 N–H and O–H groups in total. The lowest BCUT2D eigenvalue weighted by atomic mass is 10.2. The molecule has 2 aromatic carbocycles. The first-order valence-corrected chi connectivity index (χ1v) is 8.43. The average Bonchev–Trinajstić information content (AvgIpc) is 3.11. The van der Waals surface area contributed by atoms with Crippen LogP contribution >= 0.6 is 0 Å². The molecule has 27 heavy (non-hydrogen) atoms. The Labute approximate surface area is 156 Å². The van der Waals surface area contributed by atoms with Crippen LogP contribution in [0.25, 0.3) is 5.69 Å². The minimum atomic E-state index is -0.403. The van der Waals surface area contributed by atoms with E-state index < -0.39 is 5.82 Å². The van der Waals surface area contributed by atoms with Crippen molar-refractivity contribution in [1.82, 2.24) is 20.2 Å². The lowest BCUT2D eigenvalue weighted by Gasteiger charge is -2.10. The third-order valence-corrected chi connectivity index (χ3v) is 4.03. The van der Waals surface area contributed by atoms with Crippen molar-refractivity contribution in [3.05, 3.63) is 83.7 Å². The lowest BCUT2D eigenvalue weighted by Crippen LogP contribution is -2.36. The summed E-state index contributed by atoms with van der Waals surface area (Å²) in [5.74, 6) is -0.393. The third kappa shape index (κ3) is 4.58. The molecule has 0 atom stereocenters. The predicted molar refractivity (Wildman–Crippen MR) is 98.9 cm³/mol. The van der Waals surface area contributed by atoms with Crippen LogP contribution < -0.4 is 10.6 Å². The van der Waals surface area contributed by atoms with Crippen LogP contribution in [0.2, 0.25) is 0 Å². The molecular formula is C20H19FN4O2. The number of hydrogen-bond acceptors (Lipinski definition) is 3. The van der Waals surface area contributed by atoms with Crippen molar-refractivity contribution in [1.29, 1.82) is 0 Å². The summed E-state index contributed by atoms with van der Waals surface area (Å²) in [5.41, 5.74) is 1.50. The maximum absolute atomic E-state index is 14.3. The Morgan fingerprint density at radius 3 is 2.56 bits per heavy atom. The number of imidazole rings is 1. The van der Waals surface area contributed by atoms with Gasteiger partial charge in [-0.05, 0) is 36.8 Å². The molecule has 0 aliphatic carbocycles. The Balaban J connectivity index is 1.52. The molecule has 1 aromatic heterocycles. The van der Waals surface area contributed by atoms with Gasteiger partial charge in [0.25, 0.3) is 5.91 Å². The van der Waals surface area contributed by atoms with Crippen molar-refractivity contribution in [2.75, 3.05) is 6.54 Å². The molecule has 0 saturated heterocycles. The first kappa shape index (κ1) is 18.3. The first-order valence-electron chi connectivity index (χ1n) is 8.43. The lowest BCUT2D eigenvalue weighted by molar-refractivity contribution is -0.120. The molecule has 2 amide bonds. The number of hydrogen-bond donors (Lipinski definition) is 2. The number of rotatable bonds is 6. The summed E-state index contributed by atoms with van der Waals surface area (Å²) in [6.07, 6.45) is 3.29. The van der Waals surface area contributed by atoms with Gasteiger partial charge in [-0.2, -0.15) is 0 Å². The van der Waals surface area contributed by atoms with E-state index in [2.05, 4.69) is 15.6 Å². The summed E-state index contributed by atoms with van der Waals surface area (Å²) in [5, 5.41) is 5.20. The predicted octanol–water partition coefficient (Wildman–Crippen LogP) is 2.37. The van der Waals surface area contributed by atoms with Crippen molar-refractivity contribution in [2.24, 2.45) is 0 Å². The molecule has 0 saturated carbocycles. The maximum Gasteiger partial charge on any atom is 0.251 e. The zero-order chi connectivity index (χ0) is 19.2. The van der Waals surface area contributed by atoms with E-state index in [1.165, 1.54) is 6.07 Å². The first-order chi connectivity index (χ1) is 13.0. The quantitative estimate of drug-likeness (QED) is 0.703. The highest BCUT2D eigenvalue weighted by molar-refractivity contribution is 5.96. The van der Waals surface area contributed by atoms with E-state index in [0.29, 0.717) is 22.6 Å². The van der Waals surface area contributed by atoms with Crippen LogP contribution in [0, 0.1) is 12.7 Å². The summed E-state index contributed by atoms with van der Waals surface area (Å²) >= 11 is 0. The van der Waals surface area contributed by atoms with E-state index >= 15 is 0 Å². The molecule has 0 fully saturated rings. The van der Waals surface area contributed by atoms with Crippen LogP contribution in [-0.2, 0) is 11.3 Å². The number of benzene rings is 2. The van der Waals surface area contributed by atoms with Gasteiger partial charge >= 0.3 is 0 Å². The molecule has 0 unspecified atom stereocenters. The highest BCUT2D eigenvalue weighted by atomic mass is 19.1. The van der Waals surface area contributed by atoms with Crippen LogP contribution in [0.3, 0.4) is 0 Å². The van der Waals surface area contributed by atoms with Crippen LogP contribution in [0.1, 0.15) is 21.7 Å². The second kappa shape index (κ2) is 8.27. The van der Waals surface area contributed by atoms with E-state index in [0.717, 1.165) is 0 Å². The fourth-order valence-corrected chi connectivity index (χ4v) is 2.60. The minimum absolute atomic E-state index is 0.150. The second-order valence-corrected chi connectivity index (χ2v) is 5.96. The summed E-state index contributed by atoms with van der Waals surface area (Å²) in [6.45, 7) is 1.81. The number of nitrogens with one attached hydrogen (secondary N) is 2. The number of carbonyl (C=O) groups excluding carboxylic acids is 2. The fraction of sp³-hybridized carbons (Fsp3) is 0.150. The number of aryl methyl sites for hydroxylation is 1. The molecular weight excluding hydrogens is 347 g/mol. The van der Waals surface area contributed by atoms with Crippen molar-refractivity contribution < 1.29 is 14.0 Å². The van der Waals surface area contributed by atoms with Gasteiger partial charge in [-0.15, -0.1) is 0 Å². The van der Waals surface area contributed by atoms with Crippen LogP contribution in [-0.4, -0.2) is 27.9 Å². The number of amides is 2. The van der Waals surface area contributed by atoms with Crippen molar-refractivity contribution >= 4 is 11.8 Å². The molecule has 6 nitrogen and oxygen atoms in total. The Kier molecular flexibility index (Phi) is 5.61. The number of aromatic nitrogens is 2. The Bertz CT molecular complexity index is 954. The topological polar surface area (TPSA) is 76.0 Å². The molecule has 138 valence electrons. The second-order valence-electron chi connectivity index (χ2n) is 5.96. The summed E-state index contributed by atoms with van der Waals surface area (Å²) in [6, 6.07) is 13.4. The smallest absolute Gasteiger partial charge is 0.251 e. The molecule has 0 spiro atoms. The molecule has 3 aromatic rings. The van der Waals surface area contributed by atoms with Gasteiger partial charge in [0.2, 0.25) is 5.91 Å². The maximum atomic E-state index is 14.3. The zero-order valence-electron chi connectivity index (χ0n) is 14.8. The fourth-order valence-electron chi connectivity index (χ4n) is 2.60. The molecule has 3 rings (SSSR count). The van der Waals surface area contributed by atoms with Gasteiger partial charge in [-0.25, -0.2) is 9.37 Å². The number of carbonyl (C=O) groups is 2. The van der Waals surface area contributed by atoms with E-state index in [-0.39, 0.29) is 24.9 Å². The van der Waals surface area contributed by atoms with Gasteiger partial charge in [0, 0.05) is 24.5 Å². The molecule has 1 heterocycles. The zero-order valence-corrected chi connectivity index (χ0v) is 14.8. The summed E-state index contributed by atoms with van der Waals surface area (Å²) in [7, 11) is 0. The standard InChI is InChI=1S/C20H19FN4O2/c1-14-22-9-10-25(14)18-8-7-15(11-17(18)21)12-23-19(26)13-24-20(27)16-5-3-2-4-6-16/h2-11H,12-13H2,1H3,(H,23,26)(H,24,27). The molecule has 0 aliphatic heterocycles. The van der Waals surface area contributed by atoms with Gasteiger partial charge in [-0.1, -0.05) is 24.3 Å². The van der Waals surface area contributed by atoms with Gasteiger partial charge in [0.05, 0.1) is 12.2 Å². The van der Waals surface area contributed by atoms with E-state index in [4.69, 9.17) is 0 Å². The van der Waals surface area contributed by atoms with Crippen LogP contribution in [0.5, 0.6) is 0 Å². The Morgan fingerprint density at radius 2 is 1.89 bits per heavy atom. The number of halogens is 1. The highest BCUT2D eigenvalue weighted by Gasteiger charge is 2.10. The molecule has 0 bridgehead atoms. The molecule has 0 aliphatic rings. The van der Waals surface area contributed by atoms with Crippen LogP contribution in [0.4, 0.5) is 4.39 Å². The van der Waals surface area contributed by atoms with Crippen molar-refractivity contribution in [3.8, 4) is 5.69 Å².